The van der Waals surface area contributed by atoms with Crippen molar-refractivity contribution >= 4 is 29.4 Å². The molecule has 1 amide bonds. The molecular formula is C24H31N3O2S. The molecule has 0 bridgehead atoms. The van der Waals surface area contributed by atoms with E-state index < -0.39 is 0 Å². The summed E-state index contributed by atoms with van der Waals surface area (Å²) in [7, 11) is 0. The molecule has 6 heteroatoms. The van der Waals surface area contributed by atoms with Crippen LogP contribution in [0.1, 0.15) is 12.0 Å². The van der Waals surface area contributed by atoms with Crippen LogP contribution >= 0.6 is 11.8 Å². The molecule has 30 heavy (non-hydrogen) atoms. The van der Waals surface area contributed by atoms with Gasteiger partial charge in [-0.25, -0.2) is 0 Å². The van der Waals surface area contributed by atoms with Crippen LogP contribution in [-0.4, -0.2) is 72.4 Å². The van der Waals surface area contributed by atoms with E-state index in [-0.39, 0.29) is 12.5 Å². The van der Waals surface area contributed by atoms with Crippen molar-refractivity contribution in [1.29, 1.82) is 0 Å². The summed E-state index contributed by atoms with van der Waals surface area (Å²) in [6.07, 6.45) is 4.51. The van der Waals surface area contributed by atoms with E-state index in [1.54, 1.807) is 17.8 Å². The van der Waals surface area contributed by atoms with Gasteiger partial charge in [-0.3, -0.25) is 9.69 Å². The Morgan fingerprint density at radius 3 is 2.37 bits per heavy atom. The fraction of sp³-hybridized carbons (Fsp3) is 0.375. The summed E-state index contributed by atoms with van der Waals surface area (Å²) in [5, 5.41) is 12.0. The van der Waals surface area contributed by atoms with Crippen molar-refractivity contribution in [3.05, 3.63) is 66.2 Å². The van der Waals surface area contributed by atoms with Crippen molar-refractivity contribution in [1.82, 2.24) is 9.80 Å². The van der Waals surface area contributed by atoms with Crippen LogP contribution in [0, 0.1) is 0 Å². The zero-order valence-electron chi connectivity index (χ0n) is 17.4. The van der Waals surface area contributed by atoms with Crippen LogP contribution in [0.5, 0.6) is 0 Å². The third-order valence-electron chi connectivity index (χ3n) is 5.13. The van der Waals surface area contributed by atoms with Gasteiger partial charge in [-0.05, 0) is 42.5 Å². The maximum absolute atomic E-state index is 12.3. The first-order valence-corrected chi connectivity index (χ1v) is 11.5. The molecule has 0 aliphatic carbocycles. The molecule has 0 aromatic heterocycles. The Bertz CT molecular complexity index is 805. The van der Waals surface area contributed by atoms with Crippen LogP contribution in [0.25, 0.3) is 6.08 Å². The molecule has 1 heterocycles. The summed E-state index contributed by atoms with van der Waals surface area (Å²) in [5.74, 6) is 0.900. The number of aliphatic hydroxyl groups is 1. The number of amides is 1. The van der Waals surface area contributed by atoms with Crippen LogP contribution < -0.4 is 5.32 Å². The van der Waals surface area contributed by atoms with E-state index in [0.29, 0.717) is 0 Å². The highest BCUT2D eigenvalue weighted by molar-refractivity contribution is 7.99. The number of aliphatic hydroxyl groups excluding tert-OH is 1. The van der Waals surface area contributed by atoms with Gasteiger partial charge in [0.15, 0.2) is 0 Å². The summed E-state index contributed by atoms with van der Waals surface area (Å²) in [6, 6.07) is 17.8. The molecule has 160 valence electrons. The molecule has 2 aromatic rings. The molecule has 1 aliphatic heterocycles. The van der Waals surface area contributed by atoms with Gasteiger partial charge in [0.05, 0.1) is 12.3 Å². The minimum atomic E-state index is -0.118. The highest BCUT2D eigenvalue weighted by Crippen LogP contribution is 2.27. The number of anilines is 1. The van der Waals surface area contributed by atoms with Crippen LogP contribution in [0.4, 0.5) is 5.69 Å². The Labute approximate surface area is 183 Å². The minimum absolute atomic E-state index is 0.118. The van der Waals surface area contributed by atoms with Crippen molar-refractivity contribution in [2.24, 2.45) is 0 Å². The van der Waals surface area contributed by atoms with Gasteiger partial charge in [0, 0.05) is 43.7 Å². The van der Waals surface area contributed by atoms with Gasteiger partial charge < -0.3 is 15.3 Å². The topological polar surface area (TPSA) is 55.8 Å². The van der Waals surface area contributed by atoms with Crippen LogP contribution in [-0.2, 0) is 4.79 Å². The normalized spacial score (nSPS) is 15.5. The molecule has 0 spiro atoms. The number of thioether (sulfide) groups is 1. The summed E-state index contributed by atoms with van der Waals surface area (Å²) >= 11 is 1.79. The van der Waals surface area contributed by atoms with Crippen LogP contribution in [0.2, 0.25) is 0 Å². The predicted molar refractivity (Wildman–Crippen MR) is 126 cm³/mol. The number of piperazine rings is 1. The number of β-amino-alcohol motifs (C(OH)–C–C–N with tert-alkyl or cyclic N) is 1. The summed E-state index contributed by atoms with van der Waals surface area (Å²) < 4.78 is 0. The highest BCUT2D eigenvalue weighted by Gasteiger charge is 2.15. The average molecular weight is 426 g/mol. The summed E-state index contributed by atoms with van der Waals surface area (Å²) in [5.41, 5.74) is 1.87. The van der Waals surface area contributed by atoms with Gasteiger partial charge in [0.2, 0.25) is 5.91 Å². The lowest BCUT2D eigenvalue weighted by atomic mass is 10.2. The van der Waals surface area contributed by atoms with E-state index in [4.69, 9.17) is 5.11 Å². The lowest BCUT2D eigenvalue weighted by Gasteiger charge is -2.34. The molecule has 0 unspecified atom stereocenters. The number of para-hydroxylation sites is 1. The van der Waals surface area contributed by atoms with E-state index in [0.717, 1.165) is 67.6 Å². The van der Waals surface area contributed by atoms with Crippen molar-refractivity contribution in [3.63, 3.8) is 0 Å². The molecule has 2 N–H and O–H groups in total. The van der Waals surface area contributed by atoms with Gasteiger partial charge in [-0.1, -0.05) is 42.5 Å². The second-order valence-corrected chi connectivity index (χ2v) is 8.48. The molecule has 1 aliphatic rings. The number of carbonyl (C=O) groups excluding carboxylic acids is 1. The average Bonchev–Trinajstić information content (AvgIpc) is 2.78. The quantitative estimate of drug-likeness (QED) is 0.347. The van der Waals surface area contributed by atoms with E-state index in [9.17, 15) is 4.79 Å². The van der Waals surface area contributed by atoms with Gasteiger partial charge in [-0.15, -0.1) is 11.8 Å². The number of rotatable bonds is 10. The number of hydrogen-bond acceptors (Lipinski definition) is 5. The highest BCUT2D eigenvalue weighted by atomic mass is 32.2. The van der Waals surface area contributed by atoms with Crippen LogP contribution in [0.15, 0.2) is 65.6 Å². The first-order valence-electron chi connectivity index (χ1n) is 10.6. The maximum atomic E-state index is 12.3. The Hall–Kier alpha value is -2.12. The van der Waals surface area contributed by atoms with Crippen molar-refractivity contribution in [2.45, 2.75) is 11.3 Å². The van der Waals surface area contributed by atoms with Gasteiger partial charge in [0.25, 0.3) is 0 Å². The standard InChI is InChI=1S/C24H31N3O2S/c28-19-18-27-16-14-26(15-17-27)13-6-20-30-23-10-5-4-9-22(23)25-24(29)12-11-21-7-2-1-3-8-21/h1-5,7-12,28H,6,13-20H2,(H,25,29)/b12-11+. The van der Waals surface area contributed by atoms with E-state index in [1.165, 1.54) is 0 Å². The summed E-state index contributed by atoms with van der Waals surface area (Å²) in [6.45, 7) is 6.35. The first-order chi connectivity index (χ1) is 14.7. The third kappa shape index (κ3) is 7.61. The van der Waals surface area contributed by atoms with Gasteiger partial charge in [0.1, 0.15) is 0 Å². The fourth-order valence-corrected chi connectivity index (χ4v) is 4.40. The zero-order valence-corrected chi connectivity index (χ0v) is 18.2. The number of nitrogens with zero attached hydrogens (tertiary/aromatic N) is 2. The molecule has 5 nitrogen and oxygen atoms in total. The largest absolute Gasteiger partial charge is 0.395 e. The van der Waals surface area contributed by atoms with Crippen molar-refractivity contribution in [3.8, 4) is 0 Å². The minimum Gasteiger partial charge on any atom is -0.395 e. The fourth-order valence-electron chi connectivity index (χ4n) is 3.45. The monoisotopic (exact) mass is 425 g/mol. The number of benzene rings is 2. The second-order valence-electron chi connectivity index (χ2n) is 7.34. The van der Waals surface area contributed by atoms with Crippen LogP contribution in [0.3, 0.4) is 0 Å². The lowest BCUT2D eigenvalue weighted by Crippen LogP contribution is -2.47. The molecule has 1 saturated heterocycles. The summed E-state index contributed by atoms with van der Waals surface area (Å²) in [4.78, 5) is 18.2. The molecule has 0 saturated carbocycles. The van der Waals surface area contributed by atoms with E-state index >= 15 is 0 Å². The molecule has 0 radical (unpaired) electrons. The Morgan fingerprint density at radius 1 is 0.967 bits per heavy atom. The van der Waals surface area contributed by atoms with Gasteiger partial charge in [-0.2, -0.15) is 0 Å². The number of carbonyl (C=O) groups is 1. The van der Waals surface area contributed by atoms with E-state index in [1.807, 2.05) is 54.6 Å². The van der Waals surface area contributed by atoms with Gasteiger partial charge >= 0.3 is 0 Å². The molecule has 2 aromatic carbocycles. The maximum Gasteiger partial charge on any atom is 0.248 e. The number of nitrogens with one attached hydrogen (secondary N) is 1. The zero-order chi connectivity index (χ0) is 21.0. The Morgan fingerprint density at radius 2 is 1.63 bits per heavy atom. The molecule has 0 atom stereocenters. The third-order valence-corrected chi connectivity index (χ3v) is 6.29. The molecule has 3 rings (SSSR count). The molecular weight excluding hydrogens is 394 g/mol. The number of hydrogen-bond donors (Lipinski definition) is 2. The Balaban J connectivity index is 1.42. The SMILES string of the molecule is O=C(/C=C/c1ccccc1)Nc1ccccc1SCCCN1CCN(CCO)CC1. The Kier molecular flexibility index (Phi) is 9.44. The van der Waals surface area contributed by atoms with Crippen molar-refractivity contribution in [2.75, 3.05) is 56.9 Å². The lowest BCUT2D eigenvalue weighted by molar-refractivity contribution is -0.111. The predicted octanol–water partition coefficient (Wildman–Crippen LogP) is 3.43. The first kappa shape index (κ1) is 22.6. The van der Waals surface area contributed by atoms with Crippen molar-refractivity contribution < 1.29 is 9.90 Å². The molecule has 1 fully saturated rings. The second kappa shape index (κ2) is 12.5. The van der Waals surface area contributed by atoms with E-state index in [2.05, 4.69) is 21.2 Å². The smallest absolute Gasteiger partial charge is 0.248 e.